The molecule has 0 aliphatic carbocycles. The number of carbonyl (C=O) groups is 3. The number of nitrogens with zero attached hydrogens (tertiary/aromatic N) is 1. The van der Waals surface area contributed by atoms with Gasteiger partial charge in [-0.1, -0.05) is 26.3 Å². The Morgan fingerprint density at radius 2 is 2.10 bits per heavy atom. The van der Waals surface area contributed by atoms with Crippen LogP contribution in [0.1, 0.15) is 38.7 Å². The number of amides is 4. The first kappa shape index (κ1) is 20.9. The summed E-state index contributed by atoms with van der Waals surface area (Å²) in [6.45, 7) is 4.07. The zero-order valence-electron chi connectivity index (χ0n) is 16.6. The maximum Gasteiger partial charge on any atom is 0.325 e. The Kier molecular flexibility index (Phi) is 6.58. The van der Waals surface area contributed by atoms with Crippen LogP contribution in [0.4, 0.5) is 4.79 Å². The van der Waals surface area contributed by atoms with E-state index < -0.39 is 12.1 Å². The maximum absolute atomic E-state index is 12.6. The molecule has 3 N–H and O–H groups in total. The van der Waals surface area contributed by atoms with E-state index in [9.17, 15) is 19.5 Å². The molecular formula is C20H27N3O6. The molecule has 1 fully saturated rings. The van der Waals surface area contributed by atoms with E-state index in [1.165, 1.54) is 0 Å². The Morgan fingerprint density at radius 3 is 2.83 bits per heavy atom. The molecule has 0 radical (unpaired) electrons. The summed E-state index contributed by atoms with van der Waals surface area (Å²) in [4.78, 5) is 38.2. The Bertz CT molecular complexity index is 783. The largest absolute Gasteiger partial charge is 0.454 e. The fraction of sp³-hybridized carbons (Fsp3) is 0.550. The van der Waals surface area contributed by atoms with Crippen molar-refractivity contribution >= 4 is 17.8 Å². The minimum Gasteiger partial charge on any atom is -0.454 e. The number of hydrogen-bond acceptors (Lipinski definition) is 6. The van der Waals surface area contributed by atoms with Crippen LogP contribution in [0.2, 0.25) is 0 Å². The number of aliphatic hydroxyl groups is 1. The van der Waals surface area contributed by atoms with Gasteiger partial charge in [-0.05, 0) is 30.0 Å². The molecule has 1 saturated heterocycles. The summed E-state index contributed by atoms with van der Waals surface area (Å²) in [6.07, 6.45) is 1.12. The highest BCUT2D eigenvalue weighted by Crippen LogP contribution is 2.33. The van der Waals surface area contributed by atoms with E-state index >= 15 is 0 Å². The van der Waals surface area contributed by atoms with Gasteiger partial charge in [0.15, 0.2) is 11.5 Å². The average Bonchev–Trinajstić information content (AvgIpc) is 3.29. The molecule has 2 heterocycles. The lowest BCUT2D eigenvalue weighted by Crippen LogP contribution is -2.42. The zero-order chi connectivity index (χ0) is 21.0. The number of benzene rings is 1. The first-order valence-corrected chi connectivity index (χ1v) is 9.83. The molecule has 9 heteroatoms. The third-order valence-electron chi connectivity index (χ3n) is 5.42. The lowest BCUT2D eigenvalue weighted by Gasteiger charge is -2.22. The van der Waals surface area contributed by atoms with Gasteiger partial charge in [0.05, 0.1) is 19.2 Å². The van der Waals surface area contributed by atoms with Crippen LogP contribution in [0.3, 0.4) is 0 Å². The molecular weight excluding hydrogens is 378 g/mol. The average molecular weight is 405 g/mol. The number of rotatable bonds is 9. The molecule has 0 saturated carbocycles. The molecule has 4 amide bonds. The van der Waals surface area contributed by atoms with Gasteiger partial charge in [-0.3, -0.25) is 14.5 Å². The molecule has 2 aliphatic rings. The number of nitrogens with one attached hydrogen (secondary N) is 2. The van der Waals surface area contributed by atoms with Crippen LogP contribution in [-0.2, 0) is 16.1 Å². The van der Waals surface area contributed by atoms with Crippen molar-refractivity contribution in [3.8, 4) is 11.5 Å². The van der Waals surface area contributed by atoms with Crippen molar-refractivity contribution in [2.24, 2.45) is 5.92 Å². The molecule has 29 heavy (non-hydrogen) atoms. The highest BCUT2D eigenvalue weighted by atomic mass is 16.7. The fourth-order valence-electron chi connectivity index (χ4n) is 3.35. The molecule has 9 nitrogen and oxygen atoms in total. The summed E-state index contributed by atoms with van der Waals surface area (Å²) < 4.78 is 10.6. The lowest BCUT2D eigenvalue weighted by atomic mass is 9.99. The topological polar surface area (TPSA) is 117 Å². The number of aliphatic hydroxyl groups excluding tert-OH is 1. The first-order chi connectivity index (χ1) is 13.9. The highest BCUT2D eigenvalue weighted by Gasteiger charge is 2.38. The normalized spacial score (nSPS) is 19.8. The van der Waals surface area contributed by atoms with Crippen LogP contribution < -0.4 is 20.1 Å². The predicted octanol–water partition coefficient (Wildman–Crippen LogP) is 1.14. The standard InChI is InChI=1S/C20H27N3O6/c1-3-12(2)15(10-24)21-18(25)7-5-14-19(26)23(20(27)22-14)9-13-4-6-16-17(8-13)29-11-28-16/h4,6,8,12,14-15,24H,3,5,7,9-11H2,1-2H3,(H,21,25)(H,22,27). The Morgan fingerprint density at radius 1 is 1.34 bits per heavy atom. The van der Waals surface area contributed by atoms with Crippen LogP contribution in [0, 0.1) is 5.92 Å². The SMILES string of the molecule is CCC(C)C(CO)NC(=O)CCC1NC(=O)N(Cc2ccc3c(c2)OCO3)C1=O. The van der Waals surface area contributed by atoms with E-state index in [-0.39, 0.29) is 56.6 Å². The van der Waals surface area contributed by atoms with Gasteiger partial charge < -0.3 is 25.2 Å². The second-order valence-corrected chi connectivity index (χ2v) is 7.39. The summed E-state index contributed by atoms with van der Waals surface area (Å²) in [5, 5.41) is 14.8. The molecule has 3 unspecified atom stereocenters. The van der Waals surface area contributed by atoms with Crippen molar-refractivity contribution in [3.63, 3.8) is 0 Å². The van der Waals surface area contributed by atoms with Gasteiger partial charge in [0.2, 0.25) is 12.7 Å². The summed E-state index contributed by atoms with van der Waals surface area (Å²) in [6, 6.07) is 3.73. The summed E-state index contributed by atoms with van der Waals surface area (Å²) >= 11 is 0. The Labute approximate surface area is 169 Å². The van der Waals surface area contributed by atoms with E-state index in [0.29, 0.717) is 11.5 Å². The van der Waals surface area contributed by atoms with E-state index in [0.717, 1.165) is 16.9 Å². The predicted molar refractivity (Wildman–Crippen MR) is 103 cm³/mol. The van der Waals surface area contributed by atoms with Gasteiger partial charge in [-0.25, -0.2) is 4.79 Å². The van der Waals surface area contributed by atoms with Crippen molar-refractivity contribution in [2.45, 2.75) is 51.7 Å². The second kappa shape index (κ2) is 9.13. The summed E-state index contributed by atoms with van der Waals surface area (Å²) in [7, 11) is 0. The monoisotopic (exact) mass is 405 g/mol. The first-order valence-electron chi connectivity index (χ1n) is 9.83. The van der Waals surface area contributed by atoms with E-state index in [4.69, 9.17) is 9.47 Å². The van der Waals surface area contributed by atoms with E-state index in [2.05, 4.69) is 10.6 Å². The van der Waals surface area contributed by atoms with Crippen molar-refractivity contribution < 1.29 is 29.0 Å². The van der Waals surface area contributed by atoms with Crippen molar-refractivity contribution in [2.75, 3.05) is 13.4 Å². The molecule has 1 aromatic carbocycles. The number of imide groups is 1. The van der Waals surface area contributed by atoms with Crippen molar-refractivity contribution in [3.05, 3.63) is 23.8 Å². The minimum absolute atomic E-state index is 0.0848. The van der Waals surface area contributed by atoms with Gasteiger partial charge in [-0.2, -0.15) is 0 Å². The molecule has 158 valence electrons. The number of ether oxygens (including phenoxy) is 2. The smallest absolute Gasteiger partial charge is 0.325 e. The minimum atomic E-state index is -0.738. The third kappa shape index (κ3) is 4.79. The second-order valence-electron chi connectivity index (χ2n) is 7.39. The fourth-order valence-corrected chi connectivity index (χ4v) is 3.35. The maximum atomic E-state index is 12.6. The molecule has 3 atom stereocenters. The highest BCUT2D eigenvalue weighted by molar-refractivity contribution is 6.04. The van der Waals surface area contributed by atoms with Crippen molar-refractivity contribution in [1.82, 2.24) is 15.5 Å². The number of fused-ring (bicyclic) bond motifs is 1. The van der Waals surface area contributed by atoms with Gasteiger partial charge in [0.25, 0.3) is 5.91 Å². The molecule has 2 aliphatic heterocycles. The van der Waals surface area contributed by atoms with E-state index in [1.54, 1.807) is 18.2 Å². The summed E-state index contributed by atoms with van der Waals surface area (Å²) in [5.74, 6) is 0.756. The van der Waals surface area contributed by atoms with E-state index in [1.807, 2.05) is 13.8 Å². The third-order valence-corrected chi connectivity index (χ3v) is 5.42. The van der Waals surface area contributed by atoms with Crippen molar-refractivity contribution in [1.29, 1.82) is 0 Å². The molecule has 0 aromatic heterocycles. The van der Waals surface area contributed by atoms with Crippen LogP contribution in [0.25, 0.3) is 0 Å². The zero-order valence-corrected chi connectivity index (χ0v) is 16.6. The lowest BCUT2D eigenvalue weighted by molar-refractivity contribution is -0.128. The number of urea groups is 1. The molecule has 1 aromatic rings. The molecule has 3 rings (SSSR count). The van der Waals surface area contributed by atoms with Crippen LogP contribution in [0.15, 0.2) is 18.2 Å². The number of carbonyl (C=O) groups excluding carboxylic acids is 3. The van der Waals surface area contributed by atoms with Gasteiger partial charge >= 0.3 is 6.03 Å². The van der Waals surface area contributed by atoms with Gasteiger partial charge in [0.1, 0.15) is 6.04 Å². The Hall–Kier alpha value is -2.81. The van der Waals surface area contributed by atoms with Crippen LogP contribution in [-0.4, -0.2) is 53.3 Å². The quantitative estimate of drug-likeness (QED) is 0.531. The van der Waals surface area contributed by atoms with Crippen LogP contribution >= 0.6 is 0 Å². The molecule has 0 bridgehead atoms. The van der Waals surface area contributed by atoms with Crippen LogP contribution in [0.5, 0.6) is 11.5 Å². The molecule has 0 spiro atoms. The van der Waals surface area contributed by atoms with Gasteiger partial charge in [-0.15, -0.1) is 0 Å². The van der Waals surface area contributed by atoms with Gasteiger partial charge in [0, 0.05) is 6.42 Å². The summed E-state index contributed by atoms with van der Waals surface area (Å²) in [5.41, 5.74) is 0.746. The Balaban J connectivity index is 1.53. The number of hydrogen-bond donors (Lipinski definition) is 3.